The third-order valence-corrected chi connectivity index (χ3v) is 5.22. The van der Waals surface area contributed by atoms with Crippen molar-refractivity contribution in [1.82, 2.24) is 19.7 Å². The zero-order valence-electron chi connectivity index (χ0n) is 16.0. The SMILES string of the molecule is Cc1ccc(Cn2nc(-c3cccc(C)c3)nc2[C@H]2CCC(=O)N2C)cc1. The molecular formula is C22H24N4O. The van der Waals surface area contributed by atoms with Crippen LogP contribution in [-0.2, 0) is 11.3 Å². The number of rotatable bonds is 4. The monoisotopic (exact) mass is 360 g/mol. The maximum atomic E-state index is 12.1. The van der Waals surface area contributed by atoms with Crippen LogP contribution in [0.5, 0.6) is 0 Å². The number of hydrogen-bond acceptors (Lipinski definition) is 3. The lowest BCUT2D eigenvalue weighted by Crippen LogP contribution is -2.25. The number of likely N-dealkylation sites (tertiary alicyclic amines) is 1. The molecule has 0 saturated carbocycles. The molecule has 1 aliphatic rings. The number of hydrogen-bond donors (Lipinski definition) is 0. The highest BCUT2D eigenvalue weighted by Crippen LogP contribution is 2.32. The Morgan fingerprint density at radius 2 is 1.85 bits per heavy atom. The summed E-state index contributed by atoms with van der Waals surface area (Å²) in [6.45, 7) is 4.80. The van der Waals surface area contributed by atoms with E-state index < -0.39 is 0 Å². The van der Waals surface area contributed by atoms with Crippen LogP contribution in [0.2, 0.25) is 0 Å². The average Bonchev–Trinajstić information content (AvgIpc) is 3.21. The molecule has 1 aromatic heterocycles. The van der Waals surface area contributed by atoms with Crippen molar-refractivity contribution in [2.45, 2.75) is 39.3 Å². The Morgan fingerprint density at radius 1 is 1.07 bits per heavy atom. The van der Waals surface area contributed by atoms with E-state index in [0.717, 1.165) is 17.8 Å². The highest BCUT2D eigenvalue weighted by molar-refractivity contribution is 5.78. The van der Waals surface area contributed by atoms with Gasteiger partial charge in [0.1, 0.15) is 0 Å². The fourth-order valence-corrected chi connectivity index (χ4v) is 3.60. The van der Waals surface area contributed by atoms with E-state index in [1.54, 1.807) is 4.90 Å². The lowest BCUT2D eigenvalue weighted by atomic mass is 10.1. The van der Waals surface area contributed by atoms with Gasteiger partial charge in [0.15, 0.2) is 11.6 Å². The minimum absolute atomic E-state index is 0.0194. The van der Waals surface area contributed by atoms with Crippen molar-refractivity contribution in [3.05, 3.63) is 71.0 Å². The van der Waals surface area contributed by atoms with Crippen molar-refractivity contribution < 1.29 is 4.79 Å². The van der Waals surface area contributed by atoms with Crippen molar-refractivity contribution in [3.8, 4) is 11.4 Å². The highest BCUT2D eigenvalue weighted by Gasteiger charge is 2.33. The molecule has 0 aliphatic carbocycles. The van der Waals surface area contributed by atoms with Crippen LogP contribution in [0.1, 0.15) is 41.4 Å². The van der Waals surface area contributed by atoms with Crippen LogP contribution in [-0.4, -0.2) is 32.6 Å². The van der Waals surface area contributed by atoms with Gasteiger partial charge in [-0.1, -0.05) is 53.6 Å². The van der Waals surface area contributed by atoms with Gasteiger partial charge in [-0.2, -0.15) is 5.10 Å². The fourth-order valence-electron chi connectivity index (χ4n) is 3.60. The summed E-state index contributed by atoms with van der Waals surface area (Å²) < 4.78 is 1.96. The van der Waals surface area contributed by atoms with Crippen molar-refractivity contribution >= 4 is 5.91 Å². The molecule has 27 heavy (non-hydrogen) atoms. The second kappa shape index (κ2) is 6.99. The van der Waals surface area contributed by atoms with Gasteiger partial charge in [0, 0.05) is 19.0 Å². The van der Waals surface area contributed by atoms with Crippen molar-refractivity contribution in [2.24, 2.45) is 0 Å². The largest absolute Gasteiger partial charge is 0.335 e. The van der Waals surface area contributed by atoms with Gasteiger partial charge < -0.3 is 4.90 Å². The van der Waals surface area contributed by atoms with E-state index >= 15 is 0 Å². The molecule has 0 bridgehead atoms. The van der Waals surface area contributed by atoms with Crippen LogP contribution in [0, 0.1) is 13.8 Å². The van der Waals surface area contributed by atoms with Gasteiger partial charge in [-0.15, -0.1) is 0 Å². The van der Waals surface area contributed by atoms with Crippen LogP contribution in [0.25, 0.3) is 11.4 Å². The molecule has 0 N–H and O–H groups in total. The van der Waals surface area contributed by atoms with Gasteiger partial charge in [0.25, 0.3) is 0 Å². The molecule has 0 spiro atoms. The predicted octanol–water partition coefficient (Wildman–Crippen LogP) is 3.90. The summed E-state index contributed by atoms with van der Waals surface area (Å²) in [5, 5.41) is 4.81. The molecule has 1 saturated heterocycles. The molecule has 2 heterocycles. The first-order valence-corrected chi connectivity index (χ1v) is 9.34. The molecule has 3 aromatic rings. The Balaban J connectivity index is 1.75. The molecule has 5 heteroatoms. The van der Waals surface area contributed by atoms with Gasteiger partial charge in [0.05, 0.1) is 12.6 Å². The number of aryl methyl sites for hydroxylation is 2. The van der Waals surface area contributed by atoms with E-state index in [9.17, 15) is 4.79 Å². The molecule has 5 nitrogen and oxygen atoms in total. The summed E-state index contributed by atoms with van der Waals surface area (Å²) >= 11 is 0. The van der Waals surface area contributed by atoms with Gasteiger partial charge in [-0.25, -0.2) is 9.67 Å². The highest BCUT2D eigenvalue weighted by atomic mass is 16.2. The number of carbonyl (C=O) groups is 1. The van der Waals surface area contributed by atoms with E-state index in [2.05, 4.69) is 50.2 Å². The Labute approximate surface area is 159 Å². The predicted molar refractivity (Wildman–Crippen MR) is 105 cm³/mol. The maximum Gasteiger partial charge on any atom is 0.223 e. The lowest BCUT2D eigenvalue weighted by molar-refractivity contribution is -0.127. The quantitative estimate of drug-likeness (QED) is 0.709. The van der Waals surface area contributed by atoms with Crippen LogP contribution in [0.3, 0.4) is 0 Å². The Bertz CT molecular complexity index is 974. The number of amides is 1. The average molecular weight is 360 g/mol. The second-order valence-electron chi connectivity index (χ2n) is 7.37. The smallest absolute Gasteiger partial charge is 0.223 e. The fraction of sp³-hybridized carbons (Fsp3) is 0.318. The lowest BCUT2D eigenvalue weighted by Gasteiger charge is -2.19. The third kappa shape index (κ3) is 3.50. The topological polar surface area (TPSA) is 51.0 Å². The molecular weight excluding hydrogens is 336 g/mol. The Kier molecular flexibility index (Phi) is 4.52. The van der Waals surface area contributed by atoms with E-state index in [1.807, 2.05) is 23.9 Å². The molecule has 1 fully saturated rings. The van der Waals surface area contributed by atoms with Crippen LogP contribution in [0.4, 0.5) is 0 Å². The Hall–Kier alpha value is -2.95. The molecule has 1 aliphatic heterocycles. The van der Waals surface area contributed by atoms with Crippen LogP contribution in [0.15, 0.2) is 48.5 Å². The summed E-state index contributed by atoms with van der Waals surface area (Å²) in [5.41, 5.74) is 4.59. The zero-order valence-corrected chi connectivity index (χ0v) is 16.0. The third-order valence-electron chi connectivity index (χ3n) is 5.22. The van der Waals surface area contributed by atoms with Crippen molar-refractivity contribution in [1.29, 1.82) is 0 Å². The van der Waals surface area contributed by atoms with Gasteiger partial charge >= 0.3 is 0 Å². The summed E-state index contributed by atoms with van der Waals surface area (Å²) in [4.78, 5) is 18.7. The van der Waals surface area contributed by atoms with Crippen LogP contribution >= 0.6 is 0 Å². The molecule has 4 rings (SSSR count). The number of carbonyl (C=O) groups excluding carboxylic acids is 1. The first-order chi connectivity index (χ1) is 13.0. The zero-order chi connectivity index (χ0) is 19.0. The van der Waals surface area contributed by atoms with Crippen molar-refractivity contribution in [2.75, 3.05) is 7.05 Å². The second-order valence-corrected chi connectivity index (χ2v) is 7.37. The normalized spacial score (nSPS) is 16.9. The first kappa shape index (κ1) is 17.5. The number of benzene rings is 2. The van der Waals surface area contributed by atoms with Crippen LogP contribution < -0.4 is 0 Å². The number of aromatic nitrogens is 3. The van der Waals surface area contributed by atoms with E-state index in [0.29, 0.717) is 18.8 Å². The first-order valence-electron chi connectivity index (χ1n) is 9.34. The summed E-state index contributed by atoms with van der Waals surface area (Å²) in [5.74, 6) is 1.75. The summed E-state index contributed by atoms with van der Waals surface area (Å²) in [7, 11) is 1.86. The van der Waals surface area contributed by atoms with E-state index in [-0.39, 0.29) is 11.9 Å². The minimum atomic E-state index is -0.0194. The number of nitrogens with zero attached hydrogens (tertiary/aromatic N) is 4. The minimum Gasteiger partial charge on any atom is -0.335 e. The molecule has 2 aromatic carbocycles. The molecule has 1 amide bonds. The molecule has 0 unspecified atom stereocenters. The van der Waals surface area contributed by atoms with Crippen molar-refractivity contribution in [3.63, 3.8) is 0 Å². The summed E-state index contributed by atoms with van der Waals surface area (Å²) in [6.07, 6.45) is 1.35. The molecule has 138 valence electrons. The van der Waals surface area contributed by atoms with E-state index in [1.165, 1.54) is 16.7 Å². The standard InChI is InChI=1S/C22H24N4O/c1-15-7-9-17(10-8-15)14-26-22(19-11-12-20(27)25(19)3)23-21(24-26)18-6-4-5-16(2)13-18/h4-10,13,19H,11-12,14H2,1-3H3/t19-/m1/s1. The maximum absolute atomic E-state index is 12.1. The van der Waals surface area contributed by atoms with Gasteiger partial charge in [-0.3, -0.25) is 4.79 Å². The van der Waals surface area contributed by atoms with Gasteiger partial charge in [-0.05, 0) is 31.9 Å². The summed E-state index contributed by atoms with van der Waals surface area (Å²) in [6, 6.07) is 16.7. The van der Waals surface area contributed by atoms with E-state index in [4.69, 9.17) is 10.1 Å². The Morgan fingerprint density at radius 3 is 2.52 bits per heavy atom. The van der Waals surface area contributed by atoms with Gasteiger partial charge in [0.2, 0.25) is 5.91 Å². The molecule has 0 radical (unpaired) electrons. The molecule has 1 atom stereocenters.